The Morgan fingerprint density at radius 3 is 2.66 bits per heavy atom. The topological polar surface area (TPSA) is 58.6 Å². The maximum atomic E-state index is 13.5. The van der Waals surface area contributed by atoms with Gasteiger partial charge in [0.2, 0.25) is 5.91 Å². The van der Waals surface area contributed by atoms with Crippen molar-refractivity contribution in [1.82, 2.24) is 10.2 Å². The fourth-order valence-electron chi connectivity index (χ4n) is 5.09. The van der Waals surface area contributed by atoms with E-state index in [4.69, 9.17) is 4.74 Å². The normalized spacial score (nSPS) is 19.3. The molecule has 2 amide bonds. The van der Waals surface area contributed by atoms with Crippen molar-refractivity contribution in [3.05, 3.63) is 64.7 Å². The first-order valence-electron chi connectivity index (χ1n) is 11.9. The van der Waals surface area contributed by atoms with Crippen LogP contribution in [0.2, 0.25) is 0 Å². The highest BCUT2D eigenvalue weighted by Gasteiger charge is 2.36. The number of fused-ring (bicyclic) bond motifs is 1. The van der Waals surface area contributed by atoms with Gasteiger partial charge in [-0.25, -0.2) is 0 Å². The molecule has 170 valence electrons. The summed E-state index contributed by atoms with van der Waals surface area (Å²) < 4.78 is 5.98. The van der Waals surface area contributed by atoms with Crippen LogP contribution < -0.4 is 10.1 Å². The van der Waals surface area contributed by atoms with Crippen LogP contribution in [-0.4, -0.2) is 35.9 Å². The molecule has 1 aliphatic carbocycles. The second-order valence-electron chi connectivity index (χ2n) is 9.09. The Balaban J connectivity index is 1.70. The van der Waals surface area contributed by atoms with Gasteiger partial charge in [-0.15, -0.1) is 0 Å². The Bertz CT molecular complexity index is 981. The highest BCUT2D eigenvalue weighted by atomic mass is 16.5. The summed E-state index contributed by atoms with van der Waals surface area (Å²) in [5.41, 5.74) is 4.66. The largest absolute Gasteiger partial charge is 0.481 e. The molecule has 32 heavy (non-hydrogen) atoms. The lowest BCUT2D eigenvalue weighted by Gasteiger charge is -2.39. The van der Waals surface area contributed by atoms with Crippen LogP contribution in [0.3, 0.4) is 0 Å². The molecule has 5 nitrogen and oxygen atoms in total. The average molecular weight is 435 g/mol. The number of aryl methyl sites for hydroxylation is 1. The fourth-order valence-corrected chi connectivity index (χ4v) is 5.09. The van der Waals surface area contributed by atoms with Crippen molar-refractivity contribution in [3.8, 4) is 5.75 Å². The summed E-state index contributed by atoms with van der Waals surface area (Å²) in [6.45, 7) is 7.05. The van der Waals surface area contributed by atoms with E-state index in [1.165, 1.54) is 11.1 Å². The van der Waals surface area contributed by atoms with Crippen LogP contribution in [0.4, 0.5) is 0 Å². The number of carbonyl (C=O) groups excluding carboxylic acids is 2. The van der Waals surface area contributed by atoms with Gasteiger partial charge in [-0.2, -0.15) is 0 Å². The number of ether oxygens (including phenoxy) is 1. The minimum atomic E-state index is -0.578. The third-order valence-corrected chi connectivity index (χ3v) is 6.72. The first-order chi connectivity index (χ1) is 15.5. The summed E-state index contributed by atoms with van der Waals surface area (Å²) in [6.07, 6.45) is 4.54. The second kappa shape index (κ2) is 9.76. The lowest BCUT2D eigenvalue weighted by Crippen LogP contribution is -2.43. The highest BCUT2D eigenvalue weighted by molar-refractivity contribution is 5.81. The molecule has 1 N–H and O–H groups in total. The highest BCUT2D eigenvalue weighted by Crippen LogP contribution is 2.40. The van der Waals surface area contributed by atoms with E-state index in [1.807, 2.05) is 19.1 Å². The molecule has 5 heteroatoms. The lowest BCUT2D eigenvalue weighted by atomic mass is 9.86. The summed E-state index contributed by atoms with van der Waals surface area (Å²) in [6, 6.07) is 14.4. The van der Waals surface area contributed by atoms with Crippen LogP contribution in [0.25, 0.3) is 0 Å². The Morgan fingerprint density at radius 2 is 1.94 bits per heavy atom. The number of nitrogens with one attached hydrogen (secondary N) is 1. The number of amides is 2. The summed E-state index contributed by atoms with van der Waals surface area (Å²) >= 11 is 0. The van der Waals surface area contributed by atoms with Gasteiger partial charge in [0, 0.05) is 19.0 Å². The number of likely N-dealkylation sites (N-methyl/N-ethyl adjacent to an activating group) is 1. The van der Waals surface area contributed by atoms with Gasteiger partial charge in [0.1, 0.15) is 5.75 Å². The zero-order chi connectivity index (χ0) is 22.7. The van der Waals surface area contributed by atoms with Crippen LogP contribution >= 0.6 is 0 Å². The Labute approximate surface area is 191 Å². The molecule has 1 fully saturated rings. The molecule has 0 saturated heterocycles. The fraction of sp³-hybridized carbons (Fsp3) is 0.481. The molecular weight excluding hydrogens is 400 g/mol. The first-order valence-corrected chi connectivity index (χ1v) is 11.9. The molecule has 0 unspecified atom stereocenters. The number of hydrogen-bond acceptors (Lipinski definition) is 3. The van der Waals surface area contributed by atoms with Gasteiger partial charge in [-0.05, 0) is 68.9 Å². The van der Waals surface area contributed by atoms with Crippen molar-refractivity contribution in [2.45, 2.75) is 65.0 Å². The molecule has 0 aromatic heterocycles. The minimum Gasteiger partial charge on any atom is -0.481 e. The van der Waals surface area contributed by atoms with E-state index >= 15 is 0 Å². The van der Waals surface area contributed by atoms with Gasteiger partial charge in [-0.1, -0.05) is 48.7 Å². The number of benzene rings is 2. The van der Waals surface area contributed by atoms with Crippen molar-refractivity contribution < 1.29 is 14.3 Å². The van der Waals surface area contributed by atoms with Gasteiger partial charge in [-0.3, -0.25) is 9.59 Å². The molecule has 0 radical (unpaired) electrons. The third kappa shape index (κ3) is 4.67. The Kier molecular flexibility index (Phi) is 6.83. The van der Waals surface area contributed by atoms with E-state index in [1.54, 1.807) is 6.92 Å². The quantitative estimate of drug-likeness (QED) is 0.725. The predicted molar refractivity (Wildman–Crippen MR) is 126 cm³/mol. The van der Waals surface area contributed by atoms with E-state index in [0.29, 0.717) is 12.3 Å². The first kappa shape index (κ1) is 22.4. The van der Waals surface area contributed by atoms with E-state index in [0.717, 1.165) is 49.8 Å². The third-order valence-electron chi connectivity index (χ3n) is 6.72. The van der Waals surface area contributed by atoms with Crippen LogP contribution in [-0.2, 0) is 16.0 Å². The second-order valence-corrected chi connectivity index (χ2v) is 9.09. The number of hydrogen-bond donors (Lipinski definition) is 1. The smallest absolute Gasteiger partial charge is 0.260 e. The zero-order valence-corrected chi connectivity index (χ0v) is 19.4. The van der Waals surface area contributed by atoms with Crippen LogP contribution in [0.5, 0.6) is 5.75 Å². The van der Waals surface area contributed by atoms with Gasteiger partial charge in [0.15, 0.2) is 6.10 Å². The maximum Gasteiger partial charge on any atom is 0.260 e. The molecule has 1 saturated carbocycles. The van der Waals surface area contributed by atoms with Crippen molar-refractivity contribution in [1.29, 1.82) is 0 Å². The molecule has 1 aliphatic heterocycles. The number of carbonyl (C=O) groups is 2. The average Bonchev–Trinajstić information content (AvgIpc) is 3.33. The molecule has 2 aliphatic rings. The number of rotatable bonds is 6. The zero-order valence-electron chi connectivity index (χ0n) is 19.4. The van der Waals surface area contributed by atoms with E-state index in [9.17, 15) is 9.59 Å². The van der Waals surface area contributed by atoms with Crippen molar-refractivity contribution in [2.75, 3.05) is 13.1 Å². The summed E-state index contributed by atoms with van der Waals surface area (Å²) in [7, 11) is 0. The molecular formula is C27H34N2O3. The molecule has 2 aromatic carbocycles. The number of nitrogens with zero attached hydrogens (tertiary/aromatic N) is 1. The van der Waals surface area contributed by atoms with E-state index in [-0.39, 0.29) is 23.8 Å². The van der Waals surface area contributed by atoms with Gasteiger partial charge in [0.05, 0.1) is 6.04 Å². The monoisotopic (exact) mass is 434 g/mol. The summed E-state index contributed by atoms with van der Waals surface area (Å²) in [4.78, 5) is 27.8. The standard InChI is InChI=1S/C27H34N2O3/c1-4-28-26(30)19(3)32-23-13-12-20-14-15-29(27(31)21-9-5-6-10-21)25(24(20)17-23)22-11-7-8-18(2)16-22/h7-8,11-13,16-17,19,21,25H,4-6,9-10,14-15H2,1-3H3,(H,28,30)/t19-,25+/m0/s1. The molecule has 0 bridgehead atoms. The van der Waals surface area contributed by atoms with E-state index in [2.05, 4.69) is 47.5 Å². The Hall–Kier alpha value is -2.82. The summed E-state index contributed by atoms with van der Waals surface area (Å²) in [5, 5.41) is 2.81. The molecule has 1 heterocycles. The van der Waals surface area contributed by atoms with Crippen molar-refractivity contribution in [2.24, 2.45) is 5.92 Å². The molecule has 2 atom stereocenters. The van der Waals surface area contributed by atoms with Crippen LogP contribution in [0, 0.1) is 12.8 Å². The van der Waals surface area contributed by atoms with Gasteiger partial charge < -0.3 is 15.0 Å². The van der Waals surface area contributed by atoms with E-state index < -0.39 is 6.10 Å². The minimum absolute atomic E-state index is 0.126. The lowest BCUT2D eigenvalue weighted by molar-refractivity contribution is -0.137. The van der Waals surface area contributed by atoms with Gasteiger partial charge >= 0.3 is 0 Å². The van der Waals surface area contributed by atoms with Crippen LogP contribution in [0.1, 0.15) is 67.8 Å². The van der Waals surface area contributed by atoms with Gasteiger partial charge in [0.25, 0.3) is 5.91 Å². The molecule has 2 aromatic rings. The molecule has 0 spiro atoms. The Morgan fingerprint density at radius 1 is 1.16 bits per heavy atom. The predicted octanol–water partition coefficient (Wildman–Crippen LogP) is 4.56. The van der Waals surface area contributed by atoms with Crippen molar-refractivity contribution >= 4 is 11.8 Å². The summed E-state index contributed by atoms with van der Waals surface area (Å²) in [5.74, 6) is 0.955. The van der Waals surface area contributed by atoms with Crippen LogP contribution in [0.15, 0.2) is 42.5 Å². The SMILES string of the molecule is CCNC(=O)[C@H](C)Oc1ccc2c(c1)[C@@H](c1cccc(C)c1)N(C(=O)C1CCCC1)CC2. The van der Waals surface area contributed by atoms with Crippen molar-refractivity contribution in [3.63, 3.8) is 0 Å². The maximum absolute atomic E-state index is 13.5. The molecule has 4 rings (SSSR count).